The molecule has 0 aromatic carbocycles. The zero-order valence-electron chi connectivity index (χ0n) is 12.8. The number of hydrogen-bond acceptors (Lipinski definition) is 8. The van der Waals surface area contributed by atoms with Crippen molar-refractivity contribution in [2.45, 2.75) is 24.9 Å². The molecule has 9 nitrogen and oxygen atoms in total. The molecule has 0 aliphatic carbocycles. The number of hydrogen-bond donors (Lipinski definition) is 1. The second-order valence-electron chi connectivity index (χ2n) is 5.99. The van der Waals surface area contributed by atoms with Gasteiger partial charge in [-0.25, -0.2) is 15.0 Å². The van der Waals surface area contributed by atoms with E-state index in [4.69, 9.17) is 9.47 Å². The third kappa shape index (κ3) is 2.07. The van der Waals surface area contributed by atoms with Crippen molar-refractivity contribution in [3.8, 4) is 0 Å². The second-order valence-corrected chi connectivity index (χ2v) is 5.99. The Morgan fingerprint density at radius 3 is 2.96 bits per heavy atom. The molecular weight excluding hydrogens is 302 g/mol. The number of imidazole rings is 1. The fraction of sp³-hybridized carbons (Fsp3) is 0.571. The van der Waals surface area contributed by atoms with Crippen LogP contribution in [0.15, 0.2) is 12.7 Å². The number of carbonyl (C=O) groups is 1. The van der Waals surface area contributed by atoms with Crippen molar-refractivity contribution in [1.82, 2.24) is 19.5 Å². The van der Waals surface area contributed by atoms with Gasteiger partial charge in [-0.1, -0.05) is 0 Å². The minimum Gasteiger partial charge on any atom is -0.457 e. The van der Waals surface area contributed by atoms with E-state index in [0.29, 0.717) is 17.0 Å². The topological polar surface area (TPSA) is 103 Å². The number of anilines is 1. The van der Waals surface area contributed by atoms with Crippen LogP contribution in [0.2, 0.25) is 0 Å². The van der Waals surface area contributed by atoms with E-state index in [1.54, 1.807) is 10.9 Å². The van der Waals surface area contributed by atoms with Gasteiger partial charge in [0.2, 0.25) is 0 Å². The van der Waals surface area contributed by atoms with Crippen LogP contribution in [0.1, 0.15) is 12.6 Å². The lowest BCUT2D eigenvalue weighted by Crippen LogP contribution is -2.24. The lowest BCUT2D eigenvalue weighted by Gasteiger charge is -2.18. The van der Waals surface area contributed by atoms with Gasteiger partial charge in [0.25, 0.3) is 0 Å². The van der Waals surface area contributed by atoms with Crippen LogP contribution < -0.4 is 4.90 Å². The molecule has 0 radical (unpaired) electrons. The fourth-order valence-corrected chi connectivity index (χ4v) is 3.32. The maximum absolute atomic E-state index is 11.6. The summed E-state index contributed by atoms with van der Waals surface area (Å²) in [5, 5.41) is 9.50. The highest BCUT2D eigenvalue weighted by molar-refractivity contribution is 5.83. The Labute approximate surface area is 131 Å². The summed E-state index contributed by atoms with van der Waals surface area (Å²) >= 11 is 0. The minimum absolute atomic E-state index is 0.148. The van der Waals surface area contributed by atoms with E-state index in [2.05, 4.69) is 15.0 Å². The Balaban J connectivity index is 1.78. The summed E-state index contributed by atoms with van der Waals surface area (Å²) in [6.07, 6.45) is 1.93. The highest BCUT2D eigenvalue weighted by Crippen LogP contribution is 2.43. The molecule has 0 saturated carbocycles. The van der Waals surface area contributed by atoms with E-state index >= 15 is 0 Å². The SMILES string of the molecule is CN(C)c1ncnc2c1ncn2[C@H]1O[C@H](CO)[C@@H]2CC(=O)O[C@H]21. The molecule has 2 aromatic rings. The summed E-state index contributed by atoms with van der Waals surface area (Å²) in [5.41, 5.74) is 1.25. The average molecular weight is 319 g/mol. The number of ether oxygens (including phenoxy) is 2. The molecule has 122 valence electrons. The van der Waals surface area contributed by atoms with Crippen molar-refractivity contribution < 1.29 is 19.4 Å². The molecule has 4 heterocycles. The molecule has 0 bridgehead atoms. The van der Waals surface area contributed by atoms with Crippen LogP contribution in [-0.2, 0) is 14.3 Å². The van der Waals surface area contributed by atoms with E-state index in [1.165, 1.54) is 6.33 Å². The molecule has 23 heavy (non-hydrogen) atoms. The van der Waals surface area contributed by atoms with Gasteiger partial charge in [0, 0.05) is 20.0 Å². The van der Waals surface area contributed by atoms with Crippen LogP contribution in [0.25, 0.3) is 11.2 Å². The van der Waals surface area contributed by atoms with E-state index in [0.717, 1.165) is 0 Å². The molecule has 0 unspecified atom stereocenters. The van der Waals surface area contributed by atoms with E-state index in [-0.39, 0.29) is 24.9 Å². The number of aliphatic hydroxyl groups is 1. The molecule has 4 atom stereocenters. The molecule has 0 spiro atoms. The van der Waals surface area contributed by atoms with Crippen LogP contribution in [0, 0.1) is 5.92 Å². The predicted molar refractivity (Wildman–Crippen MR) is 78.6 cm³/mol. The zero-order valence-corrected chi connectivity index (χ0v) is 12.8. The molecule has 9 heteroatoms. The Hall–Kier alpha value is -2.26. The third-order valence-corrected chi connectivity index (χ3v) is 4.38. The van der Waals surface area contributed by atoms with Gasteiger partial charge in [-0.3, -0.25) is 9.36 Å². The lowest BCUT2D eigenvalue weighted by molar-refractivity contribution is -0.149. The number of aromatic nitrogens is 4. The van der Waals surface area contributed by atoms with Gasteiger partial charge in [0.05, 0.1) is 25.5 Å². The van der Waals surface area contributed by atoms with Gasteiger partial charge in [0.15, 0.2) is 29.3 Å². The van der Waals surface area contributed by atoms with Crippen molar-refractivity contribution in [1.29, 1.82) is 0 Å². The molecule has 1 N–H and O–H groups in total. The largest absolute Gasteiger partial charge is 0.457 e. The number of carbonyl (C=O) groups excluding carboxylic acids is 1. The van der Waals surface area contributed by atoms with Crippen LogP contribution >= 0.6 is 0 Å². The summed E-state index contributed by atoms with van der Waals surface area (Å²) in [7, 11) is 3.76. The van der Waals surface area contributed by atoms with Crippen LogP contribution in [-0.4, -0.2) is 63.5 Å². The Bertz CT molecular complexity index is 761. The molecule has 2 aliphatic rings. The average Bonchev–Trinajstić information content (AvgIpc) is 3.19. The van der Waals surface area contributed by atoms with Crippen molar-refractivity contribution in [2.24, 2.45) is 5.92 Å². The van der Waals surface area contributed by atoms with Crippen molar-refractivity contribution >= 4 is 23.0 Å². The standard InChI is InChI=1S/C14H17N5O4/c1-18(2)12-10-13(16-5-15-12)19(6-17-10)14-11-7(3-9(21)23-11)8(4-20)22-14/h5-8,11,14,20H,3-4H2,1-2H3/t7-,8+,11+,14-/m0/s1. The normalized spacial score (nSPS) is 29.8. The second kappa shape index (κ2) is 5.14. The smallest absolute Gasteiger partial charge is 0.306 e. The Morgan fingerprint density at radius 2 is 2.22 bits per heavy atom. The summed E-state index contributed by atoms with van der Waals surface area (Å²) in [6, 6.07) is 0. The van der Waals surface area contributed by atoms with Crippen molar-refractivity contribution in [2.75, 3.05) is 25.6 Å². The molecule has 4 rings (SSSR count). The van der Waals surface area contributed by atoms with Gasteiger partial charge in [-0.15, -0.1) is 0 Å². The van der Waals surface area contributed by atoms with E-state index < -0.39 is 18.4 Å². The number of rotatable bonds is 3. The maximum Gasteiger partial charge on any atom is 0.306 e. The van der Waals surface area contributed by atoms with Crippen LogP contribution in [0.3, 0.4) is 0 Å². The van der Waals surface area contributed by atoms with Gasteiger partial charge < -0.3 is 19.5 Å². The zero-order chi connectivity index (χ0) is 16.1. The summed E-state index contributed by atoms with van der Waals surface area (Å²) in [6.45, 7) is -0.154. The first-order valence-electron chi connectivity index (χ1n) is 7.41. The molecular formula is C14H17N5O4. The highest BCUT2D eigenvalue weighted by Gasteiger charge is 2.52. The summed E-state index contributed by atoms with van der Waals surface area (Å²) in [4.78, 5) is 26.4. The predicted octanol–water partition coefficient (Wildman–Crippen LogP) is -0.286. The monoisotopic (exact) mass is 319 g/mol. The molecule has 2 fully saturated rings. The highest BCUT2D eigenvalue weighted by atomic mass is 16.6. The first kappa shape index (κ1) is 14.3. The number of esters is 1. The third-order valence-electron chi connectivity index (χ3n) is 4.38. The molecule has 0 amide bonds. The molecule has 2 saturated heterocycles. The summed E-state index contributed by atoms with van der Waals surface area (Å²) < 4.78 is 13.0. The first-order valence-corrected chi connectivity index (χ1v) is 7.41. The van der Waals surface area contributed by atoms with Crippen LogP contribution in [0.4, 0.5) is 5.82 Å². The lowest BCUT2D eigenvalue weighted by atomic mass is 9.97. The maximum atomic E-state index is 11.6. The minimum atomic E-state index is -0.543. The summed E-state index contributed by atoms with van der Waals surface area (Å²) in [5.74, 6) is 0.287. The van der Waals surface area contributed by atoms with Gasteiger partial charge in [0.1, 0.15) is 6.33 Å². The van der Waals surface area contributed by atoms with Gasteiger partial charge in [-0.05, 0) is 0 Å². The Kier molecular flexibility index (Phi) is 3.20. The van der Waals surface area contributed by atoms with E-state index in [9.17, 15) is 9.90 Å². The fourth-order valence-electron chi connectivity index (χ4n) is 3.32. The quantitative estimate of drug-likeness (QED) is 0.770. The van der Waals surface area contributed by atoms with E-state index in [1.807, 2.05) is 19.0 Å². The number of aliphatic hydroxyl groups excluding tert-OH is 1. The molecule has 2 aromatic heterocycles. The number of nitrogens with zero attached hydrogens (tertiary/aromatic N) is 5. The van der Waals surface area contributed by atoms with Gasteiger partial charge in [-0.2, -0.15) is 0 Å². The first-order chi connectivity index (χ1) is 11.1. The number of fused-ring (bicyclic) bond motifs is 2. The Morgan fingerprint density at radius 1 is 1.39 bits per heavy atom. The van der Waals surface area contributed by atoms with Crippen molar-refractivity contribution in [3.05, 3.63) is 12.7 Å². The van der Waals surface area contributed by atoms with Crippen molar-refractivity contribution in [3.63, 3.8) is 0 Å². The van der Waals surface area contributed by atoms with Gasteiger partial charge >= 0.3 is 5.97 Å². The molecule has 2 aliphatic heterocycles. The van der Waals surface area contributed by atoms with Crippen LogP contribution in [0.5, 0.6) is 0 Å².